The van der Waals surface area contributed by atoms with Gasteiger partial charge in [-0.15, -0.1) is 0 Å². The lowest BCUT2D eigenvalue weighted by Gasteiger charge is -2.31. The molecule has 2 aliphatic rings. The smallest absolute Gasteiger partial charge is 0.240 e. The van der Waals surface area contributed by atoms with Crippen LogP contribution in [0.5, 0.6) is 0 Å². The number of nitrogens with one attached hydrogen (secondary N) is 1. The van der Waals surface area contributed by atoms with Gasteiger partial charge in [0.05, 0.1) is 4.90 Å². The van der Waals surface area contributed by atoms with Crippen LogP contribution >= 0.6 is 0 Å². The van der Waals surface area contributed by atoms with Gasteiger partial charge in [-0.05, 0) is 61.6 Å². The van der Waals surface area contributed by atoms with Gasteiger partial charge >= 0.3 is 0 Å². The van der Waals surface area contributed by atoms with Crippen LogP contribution in [0, 0.1) is 11.8 Å². The van der Waals surface area contributed by atoms with Gasteiger partial charge in [0, 0.05) is 26.3 Å². The van der Waals surface area contributed by atoms with Crippen molar-refractivity contribution in [2.45, 2.75) is 37.0 Å². The van der Waals surface area contributed by atoms with Gasteiger partial charge in [0.15, 0.2) is 0 Å². The summed E-state index contributed by atoms with van der Waals surface area (Å²) in [7, 11) is -1.25. The average molecular weight is 361 g/mol. The maximum absolute atomic E-state index is 12.2. The standard InChI is InChI=1S/C20H28N2O2S/c1-22-15-5-6-19(16-22)18-11-9-17(10-12-18)13-14-21-25(23,24)20-7-3-2-4-8-20/h2-8,16-18,21H,9-15H2,1H3/t17-,18-. The van der Waals surface area contributed by atoms with E-state index < -0.39 is 10.0 Å². The highest BCUT2D eigenvalue weighted by Crippen LogP contribution is 2.35. The van der Waals surface area contributed by atoms with E-state index >= 15 is 0 Å². The number of nitrogens with zero attached hydrogens (tertiary/aromatic N) is 1. The summed E-state index contributed by atoms with van der Waals surface area (Å²) in [5.74, 6) is 1.29. The number of likely N-dealkylation sites (N-methyl/N-ethyl adjacent to an activating group) is 1. The summed E-state index contributed by atoms with van der Waals surface area (Å²) in [6, 6.07) is 8.60. The zero-order valence-electron chi connectivity index (χ0n) is 14.9. The van der Waals surface area contributed by atoms with E-state index in [1.807, 2.05) is 6.07 Å². The Labute approximate surface area is 151 Å². The topological polar surface area (TPSA) is 49.4 Å². The van der Waals surface area contributed by atoms with Gasteiger partial charge < -0.3 is 4.90 Å². The predicted octanol–water partition coefficient (Wildman–Crippen LogP) is 3.55. The van der Waals surface area contributed by atoms with Crippen molar-refractivity contribution in [1.29, 1.82) is 0 Å². The minimum atomic E-state index is -3.37. The van der Waals surface area contributed by atoms with Crippen LogP contribution in [0.1, 0.15) is 32.1 Å². The van der Waals surface area contributed by atoms with Crippen LogP contribution < -0.4 is 4.72 Å². The van der Waals surface area contributed by atoms with Crippen LogP contribution in [0.2, 0.25) is 0 Å². The van der Waals surface area contributed by atoms with Crippen LogP contribution in [0.4, 0.5) is 0 Å². The van der Waals surface area contributed by atoms with Crippen LogP contribution in [0.25, 0.3) is 0 Å². The summed E-state index contributed by atoms with van der Waals surface area (Å²) >= 11 is 0. The van der Waals surface area contributed by atoms with E-state index in [4.69, 9.17) is 0 Å². The lowest BCUT2D eigenvalue weighted by atomic mass is 9.77. The van der Waals surface area contributed by atoms with Crippen LogP contribution in [0.15, 0.2) is 59.2 Å². The van der Waals surface area contributed by atoms with Gasteiger partial charge in [0.2, 0.25) is 10.0 Å². The third-order valence-corrected chi connectivity index (χ3v) is 6.77. The molecule has 0 amide bonds. The van der Waals surface area contributed by atoms with Crippen LogP contribution in [0.3, 0.4) is 0 Å². The first-order valence-corrected chi connectivity index (χ1v) is 10.7. The molecule has 0 unspecified atom stereocenters. The molecule has 3 rings (SSSR count). The molecule has 1 aromatic carbocycles. The van der Waals surface area contributed by atoms with E-state index in [1.165, 1.54) is 31.3 Å². The summed E-state index contributed by atoms with van der Waals surface area (Å²) in [4.78, 5) is 2.58. The number of allylic oxidation sites excluding steroid dienone is 2. The Hall–Kier alpha value is -1.59. The highest BCUT2D eigenvalue weighted by Gasteiger charge is 2.24. The maximum Gasteiger partial charge on any atom is 0.240 e. The highest BCUT2D eigenvalue weighted by molar-refractivity contribution is 7.89. The first kappa shape index (κ1) is 18.2. The summed E-state index contributed by atoms with van der Waals surface area (Å²) in [5, 5.41) is 0. The molecule has 0 atom stereocenters. The van der Waals surface area contributed by atoms with E-state index in [-0.39, 0.29) is 0 Å². The number of hydrogen-bond acceptors (Lipinski definition) is 3. The molecule has 0 bridgehead atoms. The third-order valence-electron chi connectivity index (χ3n) is 5.29. The van der Waals surface area contributed by atoms with Gasteiger partial charge in [0.1, 0.15) is 0 Å². The lowest BCUT2D eigenvalue weighted by molar-refractivity contribution is 0.288. The van der Waals surface area contributed by atoms with Gasteiger partial charge in [0.25, 0.3) is 0 Å². The zero-order valence-corrected chi connectivity index (χ0v) is 15.7. The fourth-order valence-corrected chi connectivity index (χ4v) is 4.88. The van der Waals surface area contributed by atoms with Gasteiger partial charge in [-0.25, -0.2) is 13.1 Å². The molecule has 1 aromatic rings. The molecular weight excluding hydrogens is 332 g/mol. The minimum absolute atomic E-state index is 0.346. The van der Waals surface area contributed by atoms with Gasteiger partial charge in [-0.2, -0.15) is 0 Å². The zero-order chi connectivity index (χ0) is 17.7. The van der Waals surface area contributed by atoms with Crippen molar-refractivity contribution in [3.05, 3.63) is 54.3 Å². The van der Waals surface area contributed by atoms with E-state index in [9.17, 15) is 8.42 Å². The molecule has 1 saturated carbocycles. The van der Waals surface area contributed by atoms with Crippen molar-refractivity contribution in [2.24, 2.45) is 11.8 Å². The maximum atomic E-state index is 12.2. The summed E-state index contributed by atoms with van der Waals surface area (Å²) in [6.45, 7) is 1.53. The monoisotopic (exact) mass is 360 g/mol. The van der Waals surface area contributed by atoms with Crippen molar-refractivity contribution in [3.8, 4) is 0 Å². The molecule has 0 aromatic heterocycles. The minimum Gasteiger partial charge on any atom is -0.376 e. The predicted molar refractivity (Wildman–Crippen MR) is 102 cm³/mol. The second kappa shape index (κ2) is 8.19. The van der Waals surface area contributed by atoms with E-state index in [0.717, 1.165) is 13.0 Å². The van der Waals surface area contributed by atoms with Gasteiger partial charge in [-0.1, -0.05) is 30.4 Å². The second-order valence-corrected chi connectivity index (χ2v) is 8.96. The van der Waals surface area contributed by atoms with E-state index in [0.29, 0.717) is 23.3 Å². The van der Waals surface area contributed by atoms with Gasteiger partial charge in [-0.3, -0.25) is 0 Å². The summed E-state index contributed by atoms with van der Waals surface area (Å²) in [6.07, 6.45) is 12.5. The molecule has 136 valence electrons. The number of rotatable bonds is 6. The van der Waals surface area contributed by atoms with Crippen molar-refractivity contribution in [1.82, 2.24) is 9.62 Å². The molecule has 0 radical (unpaired) electrons. The fraction of sp³-hybridized carbons (Fsp3) is 0.500. The molecule has 1 aliphatic carbocycles. The fourth-order valence-electron chi connectivity index (χ4n) is 3.81. The summed E-state index contributed by atoms with van der Waals surface area (Å²) in [5.41, 5.74) is 1.46. The molecule has 1 N–H and O–H groups in total. The molecule has 0 saturated heterocycles. The van der Waals surface area contributed by atoms with Crippen LogP contribution in [-0.4, -0.2) is 33.5 Å². The Balaban J connectivity index is 1.43. The largest absolute Gasteiger partial charge is 0.376 e. The number of hydrogen-bond donors (Lipinski definition) is 1. The van der Waals surface area contributed by atoms with Crippen LogP contribution in [-0.2, 0) is 10.0 Å². The third kappa shape index (κ3) is 4.95. The molecule has 0 spiro atoms. The van der Waals surface area contributed by atoms with Crippen molar-refractivity contribution in [3.63, 3.8) is 0 Å². The number of benzene rings is 1. The Morgan fingerprint density at radius 1 is 1.12 bits per heavy atom. The Bertz CT molecular complexity index is 717. The Kier molecular flexibility index (Phi) is 5.97. The molecule has 1 heterocycles. The van der Waals surface area contributed by atoms with E-state index in [1.54, 1.807) is 24.3 Å². The van der Waals surface area contributed by atoms with Crippen molar-refractivity contribution < 1.29 is 8.42 Å². The van der Waals surface area contributed by atoms with E-state index in [2.05, 4.69) is 35.0 Å². The Morgan fingerprint density at radius 2 is 1.84 bits per heavy atom. The molecule has 25 heavy (non-hydrogen) atoms. The molecule has 1 fully saturated rings. The lowest BCUT2D eigenvalue weighted by Crippen LogP contribution is -2.27. The molecule has 1 aliphatic heterocycles. The van der Waals surface area contributed by atoms with Crippen molar-refractivity contribution in [2.75, 3.05) is 20.1 Å². The first-order chi connectivity index (χ1) is 12.0. The Morgan fingerprint density at radius 3 is 2.52 bits per heavy atom. The normalized spacial score (nSPS) is 24.2. The number of sulfonamides is 1. The summed E-state index contributed by atoms with van der Waals surface area (Å²) < 4.78 is 27.2. The SMILES string of the molecule is CN1C=C([C@H]2CC[C@H](CCNS(=O)(=O)c3ccccc3)CC2)C=CC1. The second-order valence-electron chi connectivity index (χ2n) is 7.19. The highest BCUT2D eigenvalue weighted by atomic mass is 32.2. The first-order valence-electron chi connectivity index (χ1n) is 9.18. The quantitative estimate of drug-likeness (QED) is 0.844. The molecular formula is C20H28N2O2S. The molecule has 4 nitrogen and oxygen atoms in total. The average Bonchev–Trinajstić information content (AvgIpc) is 2.63. The van der Waals surface area contributed by atoms with Crippen molar-refractivity contribution >= 4 is 10.0 Å². The molecule has 5 heteroatoms.